The van der Waals surface area contributed by atoms with Gasteiger partial charge < -0.3 is 9.47 Å². The Bertz CT molecular complexity index is 1360. The van der Waals surface area contributed by atoms with E-state index >= 15 is 0 Å². The van der Waals surface area contributed by atoms with Crippen LogP contribution in [0.15, 0.2) is 72.3 Å². The second-order valence-corrected chi connectivity index (χ2v) is 8.67. The molecule has 1 N–H and O–H groups in total. The molecule has 9 heteroatoms. The third kappa shape index (κ3) is 6.34. The minimum Gasteiger partial charge on any atom is -0.494 e. The number of imide groups is 2. The molecule has 1 heterocycles. The predicted molar refractivity (Wildman–Crippen MR) is 138 cm³/mol. The maximum atomic E-state index is 13.4. The van der Waals surface area contributed by atoms with Crippen LogP contribution in [0.3, 0.4) is 0 Å². The molecule has 0 aliphatic carbocycles. The number of urea groups is 1. The van der Waals surface area contributed by atoms with E-state index in [9.17, 15) is 18.8 Å². The fraction of sp³-hybridized carbons (Fsp3) is 0.179. The van der Waals surface area contributed by atoms with Crippen LogP contribution in [0, 0.1) is 5.82 Å². The first-order valence-corrected chi connectivity index (χ1v) is 12.0. The number of nitrogens with zero attached hydrogens (tertiary/aromatic N) is 1. The Morgan fingerprint density at radius 2 is 1.78 bits per heavy atom. The summed E-state index contributed by atoms with van der Waals surface area (Å²) < 4.78 is 24.7. The van der Waals surface area contributed by atoms with Gasteiger partial charge in [-0.15, -0.1) is 0 Å². The van der Waals surface area contributed by atoms with E-state index in [0.717, 1.165) is 17.7 Å². The Kier molecular flexibility index (Phi) is 8.20. The van der Waals surface area contributed by atoms with Crippen molar-refractivity contribution in [3.05, 3.63) is 94.3 Å². The molecule has 0 atom stereocenters. The summed E-state index contributed by atoms with van der Waals surface area (Å²) in [5, 5.41) is 2.43. The molecule has 0 bridgehead atoms. The van der Waals surface area contributed by atoms with Crippen LogP contribution in [-0.4, -0.2) is 24.5 Å². The monoisotopic (exact) mass is 522 g/mol. The fourth-order valence-electron chi connectivity index (χ4n) is 3.60. The predicted octanol–water partition coefficient (Wildman–Crippen LogP) is 5.90. The van der Waals surface area contributed by atoms with E-state index < -0.39 is 17.8 Å². The summed E-state index contributed by atoms with van der Waals surface area (Å²) in [7, 11) is 0. The quantitative estimate of drug-likeness (QED) is 0.215. The van der Waals surface area contributed by atoms with E-state index in [1.165, 1.54) is 24.3 Å². The Labute approximate surface area is 218 Å². The summed E-state index contributed by atoms with van der Waals surface area (Å²) in [6, 6.07) is 16.4. The first kappa shape index (κ1) is 25.9. The Hall–Kier alpha value is -4.17. The van der Waals surface area contributed by atoms with Crippen LogP contribution >= 0.6 is 11.6 Å². The highest BCUT2D eigenvalue weighted by atomic mass is 35.5. The molecule has 3 aromatic rings. The summed E-state index contributed by atoms with van der Waals surface area (Å²) in [5.41, 5.74) is 1.16. The van der Waals surface area contributed by atoms with E-state index in [-0.39, 0.29) is 23.0 Å². The maximum Gasteiger partial charge on any atom is 0.335 e. The standard InChI is InChI=1S/C28H24ClFN2O5/c1-2-3-13-36-22-10-8-21(9-11-22)32-27(34)23(26(33)31-28(32)35)15-18-7-12-25(24(29)16-18)37-17-19-5-4-6-20(30)14-19/h4-12,14-16H,2-3,13,17H2,1H3,(H,31,33,35)/b23-15-. The number of hydrogen-bond acceptors (Lipinski definition) is 5. The lowest BCUT2D eigenvalue weighted by Crippen LogP contribution is -2.54. The zero-order valence-electron chi connectivity index (χ0n) is 20.0. The van der Waals surface area contributed by atoms with Crippen LogP contribution in [0.1, 0.15) is 30.9 Å². The van der Waals surface area contributed by atoms with Crippen molar-refractivity contribution in [3.63, 3.8) is 0 Å². The third-order valence-electron chi connectivity index (χ3n) is 5.51. The minimum absolute atomic E-state index is 0.109. The first-order valence-electron chi connectivity index (χ1n) is 11.7. The highest BCUT2D eigenvalue weighted by Gasteiger charge is 2.36. The highest BCUT2D eigenvalue weighted by molar-refractivity contribution is 6.39. The zero-order chi connectivity index (χ0) is 26.4. The van der Waals surface area contributed by atoms with Crippen LogP contribution in [0.25, 0.3) is 6.08 Å². The molecule has 37 heavy (non-hydrogen) atoms. The van der Waals surface area contributed by atoms with Gasteiger partial charge in [0, 0.05) is 0 Å². The van der Waals surface area contributed by atoms with Crippen molar-refractivity contribution in [2.75, 3.05) is 11.5 Å². The lowest BCUT2D eigenvalue weighted by atomic mass is 10.1. The number of rotatable bonds is 9. The number of barbiturate groups is 1. The van der Waals surface area contributed by atoms with E-state index in [0.29, 0.717) is 34.9 Å². The number of hydrogen-bond donors (Lipinski definition) is 1. The van der Waals surface area contributed by atoms with Crippen LogP contribution < -0.4 is 19.7 Å². The molecule has 3 aromatic carbocycles. The average Bonchev–Trinajstić information content (AvgIpc) is 2.87. The first-order chi connectivity index (χ1) is 17.9. The lowest BCUT2D eigenvalue weighted by Gasteiger charge is -2.26. The number of carbonyl (C=O) groups is 3. The number of amides is 4. The normalized spacial score (nSPS) is 14.6. The van der Waals surface area contributed by atoms with Gasteiger partial charge in [-0.1, -0.05) is 43.1 Å². The van der Waals surface area contributed by atoms with E-state index in [1.54, 1.807) is 48.5 Å². The van der Waals surface area contributed by atoms with E-state index in [2.05, 4.69) is 12.2 Å². The molecule has 4 rings (SSSR count). The van der Waals surface area contributed by atoms with Gasteiger partial charge in [-0.25, -0.2) is 14.1 Å². The van der Waals surface area contributed by atoms with Crippen molar-refractivity contribution in [1.82, 2.24) is 5.32 Å². The number of carbonyl (C=O) groups excluding carboxylic acids is 3. The molecular formula is C28H24ClFN2O5. The summed E-state index contributed by atoms with van der Waals surface area (Å²) in [5.74, 6) is -0.980. The molecule has 0 saturated carbocycles. The SMILES string of the molecule is CCCCOc1ccc(N2C(=O)NC(=O)/C(=C/c3ccc(OCc4cccc(F)c4)c(Cl)c3)C2=O)cc1. The molecule has 0 radical (unpaired) electrons. The van der Waals surface area contributed by atoms with E-state index in [1.807, 2.05) is 0 Å². The highest BCUT2D eigenvalue weighted by Crippen LogP contribution is 2.29. The largest absolute Gasteiger partial charge is 0.494 e. The van der Waals surface area contributed by atoms with Crippen molar-refractivity contribution in [2.24, 2.45) is 0 Å². The minimum atomic E-state index is -0.842. The van der Waals surface area contributed by atoms with Gasteiger partial charge in [-0.3, -0.25) is 14.9 Å². The van der Waals surface area contributed by atoms with Gasteiger partial charge in [0.25, 0.3) is 11.8 Å². The molecule has 1 aliphatic heterocycles. The average molecular weight is 523 g/mol. The number of benzene rings is 3. The lowest BCUT2D eigenvalue weighted by molar-refractivity contribution is -0.122. The van der Waals surface area contributed by atoms with Crippen molar-refractivity contribution < 1.29 is 28.2 Å². The number of nitrogens with one attached hydrogen (secondary N) is 1. The number of halogens is 2. The zero-order valence-corrected chi connectivity index (χ0v) is 20.8. The Balaban J connectivity index is 1.50. The van der Waals surface area contributed by atoms with Crippen LogP contribution in [0.4, 0.5) is 14.9 Å². The van der Waals surface area contributed by atoms with Crippen LogP contribution in [0.2, 0.25) is 5.02 Å². The molecule has 4 amide bonds. The van der Waals surface area contributed by atoms with Crippen molar-refractivity contribution in [2.45, 2.75) is 26.4 Å². The molecule has 7 nitrogen and oxygen atoms in total. The van der Waals surface area contributed by atoms with Gasteiger partial charge in [0.15, 0.2) is 0 Å². The summed E-state index contributed by atoms with van der Waals surface area (Å²) in [6.07, 6.45) is 3.26. The Morgan fingerprint density at radius 1 is 1.00 bits per heavy atom. The summed E-state index contributed by atoms with van der Waals surface area (Å²) in [4.78, 5) is 39.0. The summed E-state index contributed by atoms with van der Waals surface area (Å²) >= 11 is 6.34. The molecular weight excluding hydrogens is 499 g/mol. The van der Waals surface area contributed by atoms with E-state index in [4.69, 9.17) is 21.1 Å². The van der Waals surface area contributed by atoms with Crippen molar-refractivity contribution in [1.29, 1.82) is 0 Å². The summed E-state index contributed by atoms with van der Waals surface area (Å²) in [6.45, 7) is 2.74. The van der Waals surface area contributed by atoms with Crippen LogP contribution in [-0.2, 0) is 16.2 Å². The molecule has 0 spiro atoms. The second kappa shape index (κ2) is 11.7. The molecule has 0 unspecified atom stereocenters. The maximum absolute atomic E-state index is 13.4. The molecule has 1 aliphatic rings. The van der Waals surface area contributed by atoms with Gasteiger partial charge in [-0.2, -0.15) is 0 Å². The van der Waals surface area contributed by atoms with Crippen LogP contribution in [0.5, 0.6) is 11.5 Å². The molecule has 1 fully saturated rings. The number of ether oxygens (including phenoxy) is 2. The molecule has 1 saturated heterocycles. The Morgan fingerprint density at radius 3 is 2.49 bits per heavy atom. The smallest absolute Gasteiger partial charge is 0.335 e. The van der Waals surface area contributed by atoms with Gasteiger partial charge in [0.05, 0.1) is 17.3 Å². The topological polar surface area (TPSA) is 84.9 Å². The van der Waals surface area contributed by atoms with Gasteiger partial charge >= 0.3 is 6.03 Å². The van der Waals surface area contributed by atoms with Gasteiger partial charge in [-0.05, 0) is 72.2 Å². The van der Waals surface area contributed by atoms with Gasteiger partial charge in [0.1, 0.15) is 29.5 Å². The second-order valence-electron chi connectivity index (χ2n) is 8.26. The van der Waals surface area contributed by atoms with Crippen molar-refractivity contribution in [3.8, 4) is 11.5 Å². The third-order valence-corrected chi connectivity index (χ3v) is 5.81. The van der Waals surface area contributed by atoms with Gasteiger partial charge in [0.2, 0.25) is 0 Å². The molecule has 0 aromatic heterocycles. The van der Waals surface area contributed by atoms with Crippen molar-refractivity contribution >= 4 is 41.2 Å². The number of anilines is 1. The number of unbranched alkanes of at least 4 members (excludes halogenated alkanes) is 1. The molecule has 190 valence electrons. The fourth-order valence-corrected chi connectivity index (χ4v) is 3.84.